The van der Waals surface area contributed by atoms with E-state index < -0.39 is 5.91 Å². The van der Waals surface area contributed by atoms with E-state index >= 15 is 0 Å². The molecule has 0 aliphatic heterocycles. The molecule has 1 aromatic heterocycles. The van der Waals surface area contributed by atoms with Crippen LogP contribution in [0.4, 0.5) is 5.69 Å². The van der Waals surface area contributed by atoms with Crippen molar-refractivity contribution in [2.45, 2.75) is 6.92 Å². The summed E-state index contributed by atoms with van der Waals surface area (Å²) in [6.07, 6.45) is 1.56. The third-order valence-corrected chi connectivity index (χ3v) is 4.65. The molecule has 1 heterocycles. The zero-order chi connectivity index (χ0) is 15.4. The van der Waals surface area contributed by atoms with Crippen LogP contribution in [0.3, 0.4) is 0 Å². The number of carbonyl (C=O) groups is 1. The summed E-state index contributed by atoms with van der Waals surface area (Å²) in [6, 6.07) is 10.8. The number of nitriles is 1. The fourth-order valence-electron chi connectivity index (χ4n) is 1.57. The van der Waals surface area contributed by atoms with E-state index in [9.17, 15) is 4.79 Å². The fraction of sp³-hybridized carbons (Fsp3) is 0.0667. The van der Waals surface area contributed by atoms with Crippen LogP contribution >= 0.6 is 38.9 Å². The molecule has 2 aromatic rings. The van der Waals surface area contributed by atoms with Crippen molar-refractivity contribution in [2.24, 2.45) is 0 Å². The number of benzene rings is 1. The van der Waals surface area contributed by atoms with Gasteiger partial charge in [-0.15, -0.1) is 11.3 Å². The topological polar surface area (TPSA) is 52.9 Å². The SMILES string of the molecule is Cc1ccc(NC(=O)/C(C#N)=C\c2ccc(Br)s2)cc1Cl. The van der Waals surface area contributed by atoms with Crippen LogP contribution in [0.25, 0.3) is 6.08 Å². The number of rotatable bonds is 3. The quantitative estimate of drug-likeness (QED) is 0.599. The highest BCUT2D eigenvalue weighted by molar-refractivity contribution is 9.11. The molecular weight excluding hydrogens is 372 g/mol. The maximum Gasteiger partial charge on any atom is 0.266 e. The summed E-state index contributed by atoms with van der Waals surface area (Å²) in [5, 5.41) is 12.4. The van der Waals surface area contributed by atoms with Gasteiger partial charge >= 0.3 is 0 Å². The molecular formula is C15H10BrClN2OS. The Bertz CT molecular complexity index is 761. The lowest BCUT2D eigenvalue weighted by molar-refractivity contribution is -0.112. The van der Waals surface area contributed by atoms with E-state index in [0.717, 1.165) is 14.2 Å². The number of hydrogen-bond acceptors (Lipinski definition) is 3. The smallest absolute Gasteiger partial charge is 0.266 e. The molecule has 0 unspecified atom stereocenters. The predicted octanol–water partition coefficient (Wildman–Crippen LogP) is 5.02. The molecule has 0 saturated heterocycles. The van der Waals surface area contributed by atoms with Crippen molar-refractivity contribution >= 4 is 56.5 Å². The molecule has 0 aliphatic carbocycles. The second kappa shape index (κ2) is 6.90. The van der Waals surface area contributed by atoms with Crippen molar-refractivity contribution < 1.29 is 4.79 Å². The van der Waals surface area contributed by atoms with Gasteiger partial charge in [0.2, 0.25) is 0 Å². The predicted molar refractivity (Wildman–Crippen MR) is 90.4 cm³/mol. The highest BCUT2D eigenvalue weighted by atomic mass is 79.9. The molecule has 3 nitrogen and oxygen atoms in total. The number of carbonyl (C=O) groups excluding carboxylic acids is 1. The van der Waals surface area contributed by atoms with E-state index in [-0.39, 0.29) is 5.57 Å². The summed E-state index contributed by atoms with van der Waals surface area (Å²) in [7, 11) is 0. The molecule has 2 rings (SSSR count). The van der Waals surface area contributed by atoms with Gasteiger partial charge in [0.15, 0.2) is 0 Å². The third-order valence-electron chi connectivity index (χ3n) is 2.68. The number of nitrogens with one attached hydrogen (secondary N) is 1. The van der Waals surface area contributed by atoms with E-state index in [1.807, 2.05) is 31.2 Å². The van der Waals surface area contributed by atoms with E-state index in [1.165, 1.54) is 11.3 Å². The van der Waals surface area contributed by atoms with E-state index in [0.29, 0.717) is 10.7 Å². The zero-order valence-electron chi connectivity index (χ0n) is 11.0. The Morgan fingerprint density at radius 3 is 2.76 bits per heavy atom. The number of anilines is 1. The molecule has 106 valence electrons. The summed E-state index contributed by atoms with van der Waals surface area (Å²) in [4.78, 5) is 12.9. The van der Waals surface area contributed by atoms with E-state index in [4.69, 9.17) is 16.9 Å². The fourth-order valence-corrected chi connectivity index (χ4v) is 3.11. The largest absolute Gasteiger partial charge is 0.321 e. The summed E-state index contributed by atoms with van der Waals surface area (Å²) < 4.78 is 0.941. The third kappa shape index (κ3) is 4.18. The molecule has 6 heteroatoms. The van der Waals surface area contributed by atoms with Gasteiger partial charge in [-0.25, -0.2) is 0 Å². The van der Waals surface area contributed by atoms with Crippen LogP contribution in [-0.2, 0) is 4.79 Å². The van der Waals surface area contributed by atoms with Crippen LogP contribution < -0.4 is 5.32 Å². The van der Waals surface area contributed by atoms with Gasteiger partial charge in [0.1, 0.15) is 11.6 Å². The van der Waals surface area contributed by atoms with Crippen LogP contribution in [0.15, 0.2) is 39.7 Å². The Kier molecular flexibility index (Phi) is 5.18. The van der Waals surface area contributed by atoms with E-state index in [2.05, 4.69) is 21.2 Å². The van der Waals surface area contributed by atoms with Gasteiger partial charge in [-0.1, -0.05) is 17.7 Å². The van der Waals surface area contributed by atoms with Gasteiger partial charge < -0.3 is 5.32 Å². The van der Waals surface area contributed by atoms with Crippen molar-refractivity contribution in [3.63, 3.8) is 0 Å². The minimum Gasteiger partial charge on any atom is -0.321 e. The average Bonchev–Trinajstić information content (AvgIpc) is 2.85. The molecule has 0 radical (unpaired) electrons. The first-order valence-corrected chi connectivity index (χ1v) is 7.93. The molecule has 0 fully saturated rings. The highest BCUT2D eigenvalue weighted by Gasteiger charge is 2.10. The molecule has 0 aliphatic rings. The van der Waals surface area contributed by atoms with Gasteiger partial charge in [0.25, 0.3) is 5.91 Å². The van der Waals surface area contributed by atoms with Crippen LogP contribution in [0.5, 0.6) is 0 Å². The monoisotopic (exact) mass is 380 g/mol. The summed E-state index contributed by atoms with van der Waals surface area (Å²) in [6.45, 7) is 1.88. The zero-order valence-corrected chi connectivity index (χ0v) is 14.1. The second-order valence-corrected chi connectivity index (χ2v) is 7.13. The van der Waals surface area contributed by atoms with Gasteiger partial charge in [-0.3, -0.25) is 4.79 Å². The Hall–Kier alpha value is -1.61. The second-order valence-electron chi connectivity index (χ2n) is 4.23. The summed E-state index contributed by atoms with van der Waals surface area (Å²) in [5.41, 5.74) is 1.53. The summed E-state index contributed by atoms with van der Waals surface area (Å²) >= 11 is 10.8. The highest BCUT2D eigenvalue weighted by Crippen LogP contribution is 2.25. The maximum absolute atomic E-state index is 12.1. The number of aryl methyl sites for hydroxylation is 1. The first kappa shape index (κ1) is 15.8. The molecule has 0 spiro atoms. The van der Waals surface area contributed by atoms with Crippen molar-refractivity contribution in [1.82, 2.24) is 0 Å². The number of halogens is 2. The normalized spacial score (nSPS) is 11.0. The Morgan fingerprint density at radius 2 is 2.19 bits per heavy atom. The van der Waals surface area contributed by atoms with Gasteiger partial charge in [0, 0.05) is 15.6 Å². The number of hydrogen-bond donors (Lipinski definition) is 1. The lowest BCUT2D eigenvalue weighted by Gasteiger charge is -2.06. The Balaban J connectivity index is 2.19. The molecule has 1 N–H and O–H groups in total. The van der Waals surface area contributed by atoms with Crippen molar-refractivity contribution in [3.05, 3.63) is 55.2 Å². The van der Waals surface area contributed by atoms with Crippen molar-refractivity contribution in [3.8, 4) is 6.07 Å². The van der Waals surface area contributed by atoms with Crippen molar-refractivity contribution in [1.29, 1.82) is 5.26 Å². The van der Waals surface area contributed by atoms with Crippen LogP contribution in [0, 0.1) is 18.3 Å². The Labute approximate surface area is 140 Å². The lowest BCUT2D eigenvalue weighted by atomic mass is 10.2. The van der Waals surface area contributed by atoms with Gasteiger partial charge in [-0.2, -0.15) is 5.26 Å². The Morgan fingerprint density at radius 1 is 1.43 bits per heavy atom. The lowest BCUT2D eigenvalue weighted by Crippen LogP contribution is -2.13. The minimum absolute atomic E-state index is 0.0426. The van der Waals surface area contributed by atoms with Crippen LogP contribution in [0.1, 0.15) is 10.4 Å². The standard InChI is InChI=1S/C15H10BrClN2OS/c1-9-2-3-11(7-13(9)17)19-15(20)10(8-18)6-12-4-5-14(16)21-12/h2-7H,1H3,(H,19,20)/b10-6-. The number of amides is 1. The maximum atomic E-state index is 12.1. The first-order chi connectivity index (χ1) is 9.99. The first-order valence-electron chi connectivity index (χ1n) is 5.94. The average molecular weight is 382 g/mol. The number of thiophene rings is 1. The molecule has 0 atom stereocenters. The molecule has 21 heavy (non-hydrogen) atoms. The van der Waals surface area contributed by atoms with Crippen LogP contribution in [0.2, 0.25) is 5.02 Å². The summed E-state index contributed by atoms with van der Waals surface area (Å²) in [5.74, 6) is -0.457. The van der Waals surface area contributed by atoms with Gasteiger partial charge in [-0.05, 0) is 58.8 Å². The van der Waals surface area contributed by atoms with Gasteiger partial charge in [0.05, 0.1) is 3.79 Å². The minimum atomic E-state index is -0.457. The molecule has 1 amide bonds. The van der Waals surface area contributed by atoms with Crippen LogP contribution in [-0.4, -0.2) is 5.91 Å². The molecule has 0 bridgehead atoms. The number of nitrogens with zero attached hydrogens (tertiary/aromatic N) is 1. The molecule has 1 aromatic carbocycles. The van der Waals surface area contributed by atoms with Crippen molar-refractivity contribution in [2.75, 3.05) is 5.32 Å². The molecule has 0 saturated carbocycles. The van der Waals surface area contributed by atoms with E-state index in [1.54, 1.807) is 18.2 Å².